The van der Waals surface area contributed by atoms with Gasteiger partial charge < -0.3 is 5.32 Å². The van der Waals surface area contributed by atoms with Gasteiger partial charge in [-0.25, -0.2) is 9.37 Å². The zero-order valence-corrected chi connectivity index (χ0v) is 18.6. The minimum Gasteiger partial charge on any atom is -0.349 e. The van der Waals surface area contributed by atoms with Crippen LogP contribution in [0, 0.1) is 5.82 Å². The van der Waals surface area contributed by atoms with Crippen LogP contribution in [0.2, 0.25) is 5.02 Å². The van der Waals surface area contributed by atoms with Crippen molar-refractivity contribution in [2.75, 3.05) is 0 Å². The predicted octanol–water partition coefficient (Wildman–Crippen LogP) is 4.96. The number of aromatic nitrogens is 2. The molecule has 1 N–H and O–H groups in total. The van der Waals surface area contributed by atoms with Gasteiger partial charge in [-0.3, -0.25) is 14.2 Å². The minimum absolute atomic E-state index is 0.145. The summed E-state index contributed by atoms with van der Waals surface area (Å²) >= 11 is 7.29. The first kappa shape index (κ1) is 22.3. The van der Waals surface area contributed by atoms with Gasteiger partial charge in [0.1, 0.15) is 5.82 Å². The van der Waals surface area contributed by atoms with E-state index in [1.807, 2.05) is 13.8 Å². The molecule has 0 fully saturated rings. The van der Waals surface area contributed by atoms with Crippen molar-refractivity contribution in [3.8, 4) is 0 Å². The first-order chi connectivity index (χ1) is 14.3. The number of rotatable bonds is 7. The quantitative estimate of drug-likeness (QED) is 0.411. The molecule has 1 heterocycles. The second kappa shape index (κ2) is 9.62. The summed E-state index contributed by atoms with van der Waals surface area (Å²) < 4.78 is 14.7. The van der Waals surface area contributed by atoms with Gasteiger partial charge in [0.2, 0.25) is 5.91 Å². The maximum absolute atomic E-state index is 13.1. The molecular weight excluding hydrogens is 425 g/mol. The molecule has 0 aliphatic carbocycles. The summed E-state index contributed by atoms with van der Waals surface area (Å²) in [6.07, 6.45) is 0.760. The normalized spacial score (nSPS) is 13.2. The number of hydrogen-bond acceptors (Lipinski definition) is 4. The number of nitrogens with zero attached hydrogens (tertiary/aromatic N) is 2. The van der Waals surface area contributed by atoms with E-state index in [1.54, 1.807) is 41.8 Å². The number of thioether (sulfide) groups is 1. The Balaban J connectivity index is 1.83. The first-order valence-corrected chi connectivity index (χ1v) is 11.0. The molecule has 0 aliphatic rings. The molecule has 0 aliphatic heterocycles. The van der Waals surface area contributed by atoms with Gasteiger partial charge in [0.05, 0.1) is 22.2 Å². The summed E-state index contributed by atoms with van der Waals surface area (Å²) in [5, 5.41) is 3.92. The molecule has 5 nitrogen and oxygen atoms in total. The van der Waals surface area contributed by atoms with Crippen LogP contribution in [0.4, 0.5) is 4.39 Å². The second-order valence-electron chi connectivity index (χ2n) is 7.05. The summed E-state index contributed by atoms with van der Waals surface area (Å²) in [7, 11) is 0. The lowest BCUT2D eigenvalue weighted by molar-refractivity contribution is -0.120. The van der Waals surface area contributed by atoms with Crippen molar-refractivity contribution in [1.82, 2.24) is 14.9 Å². The molecule has 0 bridgehead atoms. The van der Waals surface area contributed by atoms with E-state index >= 15 is 0 Å². The van der Waals surface area contributed by atoms with Crippen molar-refractivity contribution in [2.45, 2.75) is 50.2 Å². The van der Waals surface area contributed by atoms with Gasteiger partial charge in [-0.1, -0.05) is 42.4 Å². The number of carbonyl (C=O) groups is 1. The van der Waals surface area contributed by atoms with Crippen LogP contribution >= 0.6 is 23.4 Å². The van der Waals surface area contributed by atoms with Crippen molar-refractivity contribution in [3.63, 3.8) is 0 Å². The maximum atomic E-state index is 13.1. The van der Waals surface area contributed by atoms with E-state index in [1.165, 1.54) is 23.9 Å². The van der Waals surface area contributed by atoms with Crippen molar-refractivity contribution < 1.29 is 9.18 Å². The fourth-order valence-electron chi connectivity index (χ4n) is 3.06. The van der Waals surface area contributed by atoms with Crippen LogP contribution in [0.15, 0.2) is 52.4 Å². The fraction of sp³-hybridized carbons (Fsp3) is 0.318. The molecule has 0 saturated heterocycles. The highest BCUT2D eigenvalue weighted by atomic mass is 35.5. The van der Waals surface area contributed by atoms with E-state index in [4.69, 9.17) is 11.6 Å². The summed E-state index contributed by atoms with van der Waals surface area (Å²) in [6, 6.07) is 10.7. The third-order valence-electron chi connectivity index (χ3n) is 4.71. The van der Waals surface area contributed by atoms with Crippen molar-refractivity contribution >= 4 is 40.2 Å². The van der Waals surface area contributed by atoms with Crippen molar-refractivity contribution in [3.05, 3.63) is 69.2 Å². The van der Waals surface area contributed by atoms with Gasteiger partial charge in [-0.05, 0) is 56.2 Å². The Labute approximate surface area is 183 Å². The Morgan fingerprint density at radius 3 is 2.60 bits per heavy atom. The zero-order chi connectivity index (χ0) is 21.8. The third-order valence-corrected chi connectivity index (χ3v) is 6.03. The van der Waals surface area contributed by atoms with Gasteiger partial charge in [-0.2, -0.15) is 0 Å². The summed E-state index contributed by atoms with van der Waals surface area (Å²) in [4.78, 5) is 30.3. The molecule has 0 spiro atoms. The molecule has 0 unspecified atom stereocenters. The van der Waals surface area contributed by atoms with Crippen molar-refractivity contribution in [1.29, 1.82) is 0 Å². The van der Waals surface area contributed by atoms with Crippen molar-refractivity contribution in [2.24, 2.45) is 0 Å². The van der Waals surface area contributed by atoms with E-state index in [2.05, 4.69) is 10.3 Å². The number of nitrogens with one attached hydrogen (secondary N) is 1. The zero-order valence-electron chi connectivity index (χ0n) is 17.0. The lowest BCUT2D eigenvalue weighted by Gasteiger charge is -2.19. The molecule has 8 heteroatoms. The van der Waals surface area contributed by atoms with E-state index in [0.717, 1.165) is 12.0 Å². The molecule has 0 saturated carbocycles. The molecule has 3 aromatic rings. The Kier molecular flexibility index (Phi) is 7.15. The van der Waals surface area contributed by atoms with E-state index in [9.17, 15) is 14.0 Å². The molecular formula is C22H23ClFN3O2S. The van der Waals surface area contributed by atoms with Gasteiger partial charge in [0.25, 0.3) is 5.56 Å². The SMILES string of the molecule is CCCn1c(S[C@H](C)C(=O)N[C@@H](C)c2ccc(F)cc2)nc2cc(Cl)ccc2c1=O. The fourth-order valence-corrected chi connectivity index (χ4v) is 4.17. The number of amides is 1. The first-order valence-electron chi connectivity index (χ1n) is 9.72. The third kappa shape index (κ3) is 5.02. The standard InChI is InChI=1S/C22H23ClFN3O2S/c1-4-11-27-21(29)18-10-7-16(23)12-19(18)26-22(27)30-14(3)20(28)25-13(2)15-5-8-17(24)9-6-15/h5-10,12-14H,4,11H2,1-3H3,(H,25,28)/t13-,14+/m0/s1. The van der Waals surface area contributed by atoms with Gasteiger partial charge in [0.15, 0.2) is 5.16 Å². The molecule has 3 rings (SSSR count). The molecule has 30 heavy (non-hydrogen) atoms. The summed E-state index contributed by atoms with van der Waals surface area (Å²) in [6.45, 7) is 6.09. The van der Waals surface area contributed by atoms with Crippen LogP contribution in [0.1, 0.15) is 38.8 Å². The largest absolute Gasteiger partial charge is 0.349 e. The minimum atomic E-state index is -0.487. The van der Waals surface area contributed by atoms with Gasteiger partial charge >= 0.3 is 0 Å². The highest BCUT2D eigenvalue weighted by Gasteiger charge is 2.21. The van der Waals surface area contributed by atoms with Crippen LogP contribution in [0.5, 0.6) is 0 Å². The number of carbonyl (C=O) groups excluding carboxylic acids is 1. The summed E-state index contributed by atoms with van der Waals surface area (Å²) in [5.74, 6) is -0.516. The lowest BCUT2D eigenvalue weighted by Crippen LogP contribution is -2.34. The number of benzene rings is 2. The molecule has 2 aromatic carbocycles. The lowest BCUT2D eigenvalue weighted by atomic mass is 10.1. The van der Waals surface area contributed by atoms with Gasteiger partial charge in [0, 0.05) is 11.6 Å². The highest BCUT2D eigenvalue weighted by molar-refractivity contribution is 8.00. The Bertz CT molecular complexity index is 1120. The van der Waals surface area contributed by atoms with Crippen LogP contribution in [0.25, 0.3) is 10.9 Å². The Hall–Kier alpha value is -2.38. The maximum Gasteiger partial charge on any atom is 0.262 e. The van der Waals surface area contributed by atoms with E-state index in [0.29, 0.717) is 27.6 Å². The smallest absolute Gasteiger partial charge is 0.262 e. The number of hydrogen-bond donors (Lipinski definition) is 1. The molecule has 1 amide bonds. The molecule has 158 valence electrons. The van der Waals surface area contributed by atoms with Crippen LogP contribution in [-0.4, -0.2) is 20.7 Å². The van der Waals surface area contributed by atoms with E-state index in [-0.39, 0.29) is 23.3 Å². The van der Waals surface area contributed by atoms with Crippen LogP contribution in [0.3, 0.4) is 0 Å². The second-order valence-corrected chi connectivity index (χ2v) is 8.80. The molecule has 1 aromatic heterocycles. The molecule has 2 atom stereocenters. The van der Waals surface area contributed by atoms with E-state index < -0.39 is 5.25 Å². The van der Waals surface area contributed by atoms with Crippen LogP contribution in [-0.2, 0) is 11.3 Å². The predicted molar refractivity (Wildman–Crippen MR) is 120 cm³/mol. The topological polar surface area (TPSA) is 64.0 Å². The highest BCUT2D eigenvalue weighted by Crippen LogP contribution is 2.25. The summed E-state index contributed by atoms with van der Waals surface area (Å²) in [5.41, 5.74) is 1.17. The Morgan fingerprint density at radius 2 is 1.93 bits per heavy atom. The number of halogens is 2. The van der Waals surface area contributed by atoms with Gasteiger partial charge in [-0.15, -0.1) is 0 Å². The monoisotopic (exact) mass is 447 g/mol. The average molecular weight is 448 g/mol. The van der Waals surface area contributed by atoms with Crippen LogP contribution < -0.4 is 10.9 Å². The Morgan fingerprint density at radius 1 is 1.23 bits per heavy atom. The average Bonchev–Trinajstić information content (AvgIpc) is 2.71. The number of fused-ring (bicyclic) bond motifs is 1. The molecule has 0 radical (unpaired) electrons.